The Hall–Kier alpha value is -1.27. The topological polar surface area (TPSA) is 72.4 Å². The van der Waals surface area contributed by atoms with E-state index in [4.69, 9.17) is 5.11 Å². The van der Waals surface area contributed by atoms with Crippen molar-refractivity contribution in [2.45, 2.75) is 25.5 Å². The second-order valence-corrected chi connectivity index (χ2v) is 6.42. The van der Waals surface area contributed by atoms with E-state index in [-0.39, 0.29) is 11.3 Å². The molecule has 0 amide bonds. The number of halogens is 1. The van der Waals surface area contributed by atoms with Crippen molar-refractivity contribution in [2.24, 2.45) is 0 Å². The summed E-state index contributed by atoms with van der Waals surface area (Å²) >= 11 is -1.58. The van der Waals surface area contributed by atoms with Crippen LogP contribution in [0.15, 0.2) is 18.2 Å². The third-order valence-corrected chi connectivity index (χ3v) is 3.50. The van der Waals surface area contributed by atoms with Crippen LogP contribution in [0.4, 0.5) is 10.1 Å². The molecule has 0 aliphatic carbocycles. The molecule has 0 bridgehead atoms. The van der Waals surface area contributed by atoms with Crippen molar-refractivity contribution in [1.82, 2.24) is 0 Å². The lowest BCUT2D eigenvalue weighted by atomic mass is 10.2. The summed E-state index contributed by atoms with van der Waals surface area (Å²) in [6.45, 7) is 5.12. The molecule has 17 heavy (non-hydrogen) atoms. The van der Waals surface area contributed by atoms with Gasteiger partial charge in [-0.3, -0.25) is 0 Å². The summed E-state index contributed by atoms with van der Waals surface area (Å²) in [5, 5.41) is 8.90. The van der Waals surface area contributed by atoms with Crippen molar-refractivity contribution < 1.29 is 18.8 Å². The number of hydrogen-bond donors (Lipinski definition) is 2. The van der Waals surface area contributed by atoms with E-state index in [9.17, 15) is 13.7 Å². The lowest BCUT2D eigenvalue weighted by Crippen LogP contribution is -2.34. The fourth-order valence-electron chi connectivity index (χ4n) is 1.05. The van der Waals surface area contributed by atoms with Crippen molar-refractivity contribution in [3.8, 4) is 0 Å². The first kappa shape index (κ1) is 13.8. The fourth-order valence-corrected chi connectivity index (χ4v) is 1.75. The summed E-state index contributed by atoms with van der Waals surface area (Å²) in [6, 6.07) is 3.67. The Kier molecular flexibility index (Phi) is 4.00. The summed E-state index contributed by atoms with van der Waals surface area (Å²) in [5.41, 5.74) is -0.476. The Morgan fingerprint density at radius 2 is 2.06 bits per heavy atom. The van der Waals surface area contributed by atoms with Crippen LogP contribution in [0, 0.1) is 5.82 Å². The Labute approximate surface area is 102 Å². The quantitative estimate of drug-likeness (QED) is 0.817. The van der Waals surface area contributed by atoms with Gasteiger partial charge in [0.05, 0.1) is 16.9 Å². The average Bonchev–Trinajstić information content (AvgIpc) is 2.18. The SMILES string of the molecule is CC(C)(C)[S@@+]([O-])Nc1c(F)cccc1C(=O)O. The number of aromatic carboxylic acids is 1. The van der Waals surface area contributed by atoms with Crippen LogP contribution in [0.5, 0.6) is 0 Å². The number of nitrogens with one attached hydrogen (secondary N) is 1. The largest absolute Gasteiger partial charge is 0.593 e. The van der Waals surface area contributed by atoms with Crippen LogP contribution in [0.2, 0.25) is 0 Å². The third kappa shape index (κ3) is 3.34. The van der Waals surface area contributed by atoms with E-state index in [0.717, 1.165) is 6.07 Å². The van der Waals surface area contributed by atoms with Gasteiger partial charge in [-0.25, -0.2) is 13.9 Å². The molecule has 0 saturated carbocycles. The van der Waals surface area contributed by atoms with E-state index in [1.807, 2.05) is 0 Å². The van der Waals surface area contributed by atoms with Crippen molar-refractivity contribution in [2.75, 3.05) is 4.72 Å². The van der Waals surface area contributed by atoms with Gasteiger partial charge >= 0.3 is 5.97 Å². The third-order valence-electron chi connectivity index (χ3n) is 1.99. The summed E-state index contributed by atoms with van der Waals surface area (Å²) in [5.74, 6) is -2.00. The minimum atomic E-state index is -1.58. The highest BCUT2D eigenvalue weighted by molar-refractivity contribution is 7.94. The molecule has 0 spiro atoms. The van der Waals surface area contributed by atoms with Gasteiger partial charge in [0.25, 0.3) is 0 Å². The maximum absolute atomic E-state index is 13.5. The number of benzene rings is 1. The Bertz CT molecular complexity index is 431. The normalized spacial score (nSPS) is 13.2. The molecule has 4 nitrogen and oxygen atoms in total. The number of carbonyl (C=O) groups is 1. The average molecular weight is 259 g/mol. The molecular weight excluding hydrogens is 245 g/mol. The van der Waals surface area contributed by atoms with Crippen molar-refractivity contribution in [1.29, 1.82) is 0 Å². The molecule has 0 aliphatic rings. The molecule has 0 saturated heterocycles. The highest BCUT2D eigenvalue weighted by Crippen LogP contribution is 2.25. The molecule has 0 fully saturated rings. The first-order valence-corrected chi connectivity index (χ1v) is 6.09. The zero-order valence-electron chi connectivity index (χ0n) is 9.78. The molecule has 6 heteroatoms. The van der Waals surface area contributed by atoms with Crippen molar-refractivity contribution >= 4 is 23.0 Å². The van der Waals surface area contributed by atoms with Crippen LogP contribution in [0.1, 0.15) is 31.1 Å². The van der Waals surface area contributed by atoms with Crippen molar-refractivity contribution in [3.05, 3.63) is 29.6 Å². The van der Waals surface area contributed by atoms with Gasteiger partial charge in [-0.2, -0.15) is 0 Å². The second kappa shape index (κ2) is 4.93. The molecular formula is C11H14FNO3S. The molecule has 0 unspecified atom stereocenters. The van der Waals surface area contributed by atoms with E-state index in [1.54, 1.807) is 20.8 Å². The standard InChI is InChI=1S/C11H14FNO3S/c1-11(2,3)17(16)13-9-7(10(14)15)5-4-6-8(9)12/h4-6,13H,1-3H3,(H,14,15)/t17-/m1/s1. The van der Waals surface area contributed by atoms with Gasteiger partial charge in [0.15, 0.2) is 5.82 Å². The van der Waals surface area contributed by atoms with E-state index >= 15 is 0 Å². The van der Waals surface area contributed by atoms with Crippen LogP contribution in [0.3, 0.4) is 0 Å². The maximum atomic E-state index is 13.5. The lowest BCUT2D eigenvalue weighted by molar-refractivity contribution is 0.0697. The van der Waals surface area contributed by atoms with Gasteiger partial charge in [-0.1, -0.05) is 6.07 Å². The predicted octanol–water partition coefficient (Wildman–Crippen LogP) is 2.40. The van der Waals surface area contributed by atoms with Crippen LogP contribution in [-0.4, -0.2) is 20.4 Å². The van der Waals surface area contributed by atoms with E-state index in [1.165, 1.54) is 12.1 Å². The summed E-state index contributed by atoms with van der Waals surface area (Å²) < 4.78 is 27.1. The minimum Gasteiger partial charge on any atom is -0.593 e. The van der Waals surface area contributed by atoms with Gasteiger partial charge in [0, 0.05) is 0 Å². The number of carboxylic acids is 1. The van der Waals surface area contributed by atoms with Crippen LogP contribution >= 0.6 is 0 Å². The lowest BCUT2D eigenvalue weighted by Gasteiger charge is -2.24. The highest BCUT2D eigenvalue weighted by atomic mass is 32.2. The van der Waals surface area contributed by atoms with Gasteiger partial charge < -0.3 is 9.66 Å². The molecule has 0 radical (unpaired) electrons. The van der Waals surface area contributed by atoms with E-state index < -0.39 is 27.9 Å². The molecule has 1 atom stereocenters. The number of carboxylic acid groups (broad SMARTS) is 1. The summed E-state index contributed by atoms with van der Waals surface area (Å²) in [6.07, 6.45) is 0. The number of anilines is 1. The molecule has 1 rings (SSSR count). The number of hydrogen-bond acceptors (Lipinski definition) is 3. The van der Waals surface area contributed by atoms with E-state index in [2.05, 4.69) is 4.72 Å². The smallest absolute Gasteiger partial charge is 0.338 e. The summed E-state index contributed by atoms with van der Waals surface area (Å²) in [4.78, 5) is 10.9. The van der Waals surface area contributed by atoms with Gasteiger partial charge in [0.2, 0.25) is 0 Å². The Balaban J connectivity index is 3.09. The Morgan fingerprint density at radius 1 is 1.47 bits per heavy atom. The van der Waals surface area contributed by atoms with Gasteiger partial charge in [-0.05, 0) is 32.9 Å². The molecule has 0 aromatic heterocycles. The maximum Gasteiger partial charge on any atom is 0.338 e. The summed E-state index contributed by atoms with van der Waals surface area (Å²) in [7, 11) is 0. The highest BCUT2D eigenvalue weighted by Gasteiger charge is 2.29. The number of rotatable bonds is 3. The predicted molar refractivity (Wildman–Crippen MR) is 64.9 cm³/mol. The molecule has 1 aromatic carbocycles. The monoisotopic (exact) mass is 259 g/mol. The molecule has 2 N–H and O–H groups in total. The second-order valence-electron chi connectivity index (χ2n) is 4.45. The molecule has 1 aromatic rings. The van der Waals surface area contributed by atoms with Crippen LogP contribution in [-0.2, 0) is 11.4 Å². The zero-order chi connectivity index (χ0) is 13.2. The first-order valence-electron chi connectivity index (χ1n) is 4.94. The molecule has 0 heterocycles. The zero-order valence-corrected chi connectivity index (χ0v) is 10.6. The van der Waals surface area contributed by atoms with Crippen LogP contribution < -0.4 is 4.72 Å². The Morgan fingerprint density at radius 3 is 2.53 bits per heavy atom. The number of para-hydroxylation sites is 1. The van der Waals surface area contributed by atoms with Gasteiger partial charge in [0.1, 0.15) is 10.4 Å². The molecule has 94 valence electrons. The first-order chi connectivity index (χ1) is 7.73. The minimum absolute atomic E-state index is 0.234. The fraction of sp³-hybridized carbons (Fsp3) is 0.364. The van der Waals surface area contributed by atoms with E-state index in [0.29, 0.717) is 0 Å². The van der Waals surface area contributed by atoms with Crippen molar-refractivity contribution in [3.63, 3.8) is 0 Å². The van der Waals surface area contributed by atoms with Crippen LogP contribution in [0.25, 0.3) is 0 Å². The van der Waals surface area contributed by atoms with Gasteiger partial charge in [-0.15, -0.1) is 0 Å². The molecule has 0 aliphatic heterocycles.